The molecule has 0 aliphatic rings. The van der Waals surface area contributed by atoms with Crippen molar-refractivity contribution < 1.29 is 24.5 Å². The van der Waals surface area contributed by atoms with Crippen molar-refractivity contribution >= 4 is 11.9 Å². The van der Waals surface area contributed by atoms with Crippen LogP contribution in [-0.4, -0.2) is 22.2 Å². The summed E-state index contributed by atoms with van der Waals surface area (Å²) in [5.74, 6) is 4.14. The molecular formula is C22H14O5. The highest BCUT2D eigenvalue weighted by atomic mass is 16.5. The molecule has 5 heteroatoms. The lowest BCUT2D eigenvalue weighted by atomic mass is 10.1. The van der Waals surface area contributed by atoms with Gasteiger partial charge in [-0.25, -0.2) is 9.59 Å². The summed E-state index contributed by atoms with van der Waals surface area (Å²) in [6.07, 6.45) is 0. The second-order valence-electron chi connectivity index (χ2n) is 5.56. The first-order chi connectivity index (χ1) is 13.0. The van der Waals surface area contributed by atoms with Crippen molar-refractivity contribution in [1.82, 2.24) is 0 Å². The van der Waals surface area contributed by atoms with Gasteiger partial charge in [0.05, 0.1) is 11.1 Å². The maximum Gasteiger partial charge on any atom is 0.336 e. The summed E-state index contributed by atoms with van der Waals surface area (Å²) in [6.45, 7) is 0. The van der Waals surface area contributed by atoms with Crippen molar-refractivity contribution in [2.45, 2.75) is 0 Å². The summed E-state index contributed by atoms with van der Waals surface area (Å²) in [7, 11) is 0. The standard InChI is InChI=1S/C22H14O5/c23-21(24)19-12-11-18(14-20(19)22(25)26)27-17-8-4-7-16(13-17)10-9-15-5-2-1-3-6-15/h1-8,11-14H,(H,23,24)(H,25,26). The van der Waals surface area contributed by atoms with E-state index in [9.17, 15) is 14.7 Å². The summed E-state index contributed by atoms with van der Waals surface area (Å²) < 4.78 is 5.67. The van der Waals surface area contributed by atoms with Crippen LogP contribution in [0.5, 0.6) is 11.5 Å². The predicted molar refractivity (Wildman–Crippen MR) is 99.3 cm³/mol. The molecule has 0 saturated heterocycles. The van der Waals surface area contributed by atoms with E-state index in [1.807, 2.05) is 36.4 Å². The van der Waals surface area contributed by atoms with Crippen LogP contribution in [0.15, 0.2) is 72.8 Å². The molecule has 0 bridgehead atoms. The average molecular weight is 358 g/mol. The van der Waals surface area contributed by atoms with Crippen LogP contribution < -0.4 is 4.74 Å². The van der Waals surface area contributed by atoms with Crippen molar-refractivity contribution in [3.63, 3.8) is 0 Å². The van der Waals surface area contributed by atoms with Gasteiger partial charge in [-0.15, -0.1) is 0 Å². The molecule has 0 unspecified atom stereocenters. The monoisotopic (exact) mass is 358 g/mol. The highest BCUT2D eigenvalue weighted by Gasteiger charge is 2.17. The third-order valence-electron chi connectivity index (χ3n) is 3.65. The Morgan fingerprint density at radius 2 is 1.30 bits per heavy atom. The average Bonchev–Trinajstić information content (AvgIpc) is 2.67. The molecule has 0 heterocycles. The van der Waals surface area contributed by atoms with Gasteiger partial charge in [-0.3, -0.25) is 0 Å². The van der Waals surface area contributed by atoms with Gasteiger partial charge in [0.2, 0.25) is 0 Å². The Kier molecular flexibility index (Phi) is 5.20. The fraction of sp³-hybridized carbons (Fsp3) is 0. The zero-order valence-corrected chi connectivity index (χ0v) is 14.0. The van der Waals surface area contributed by atoms with E-state index in [0.717, 1.165) is 11.1 Å². The maximum absolute atomic E-state index is 11.3. The number of hydrogen-bond acceptors (Lipinski definition) is 3. The van der Waals surface area contributed by atoms with Crippen molar-refractivity contribution in [3.05, 3.63) is 95.1 Å². The summed E-state index contributed by atoms with van der Waals surface area (Å²) >= 11 is 0. The summed E-state index contributed by atoms with van der Waals surface area (Å²) in [5.41, 5.74) is 0.994. The zero-order valence-electron chi connectivity index (χ0n) is 14.0. The minimum absolute atomic E-state index is 0.227. The van der Waals surface area contributed by atoms with E-state index in [0.29, 0.717) is 5.75 Å². The quantitative estimate of drug-likeness (QED) is 0.680. The molecule has 27 heavy (non-hydrogen) atoms. The molecule has 0 fully saturated rings. The van der Waals surface area contributed by atoms with E-state index < -0.39 is 11.9 Å². The predicted octanol–water partition coefficient (Wildman–Crippen LogP) is 4.28. The number of benzene rings is 3. The Labute approximate surface area is 155 Å². The highest BCUT2D eigenvalue weighted by Crippen LogP contribution is 2.25. The van der Waals surface area contributed by atoms with Crippen LogP contribution in [0.4, 0.5) is 0 Å². The van der Waals surface area contributed by atoms with Crippen LogP contribution >= 0.6 is 0 Å². The number of carboxylic acid groups (broad SMARTS) is 2. The molecule has 3 aromatic carbocycles. The molecule has 3 rings (SSSR count). The van der Waals surface area contributed by atoms with Gasteiger partial charge in [-0.1, -0.05) is 36.1 Å². The van der Waals surface area contributed by atoms with E-state index in [1.165, 1.54) is 18.2 Å². The van der Waals surface area contributed by atoms with E-state index in [2.05, 4.69) is 11.8 Å². The Balaban J connectivity index is 1.85. The van der Waals surface area contributed by atoms with E-state index in [4.69, 9.17) is 9.84 Å². The first-order valence-corrected chi connectivity index (χ1v) is 7.98. The van der Waals surface area contributed by atoms with Crippen molar-refractivity contribution in [3.8, 4) is 23.3 Å². The van der Waals surface area contributed by atoms with Gasteiger partial charge in [0.15, 0.2) is 0 Å². The van der Waals surface area contributed by atoms with Gasteiger partial charge in [0, 0.05) is 11.1 Å². The minimum atomic E-state index is -1.33. The summed E-state index contributed by atoms with van der Waals surface area (Å²) in [5, 5.41) is 18.3. The van der Waals surface area contributed by atoms with Crippen LogP contribution in [0, 0.1) is 11.8 Å². The molecule has 0 aliphatic carbocycles. The first kappa shape index (κ1) is 17.8. The Morgan fingerprint density at radius 1 is 0.667 bits per heavy atom. The Hall–Kier alpha value is -4.04. The van der Waals surface area contributed by atoms with Crippen molar-refractivity contribution in [2.24, 2.45) is 0 Å². The molecular weight excluding hydrogens is 344 g/mol. The molecule has 3 aromatic rings. The minimum Gasteiger partial charge on any atom is -0.478 e. The number of rotatable bonds is 4. The third-order valence-corrected chi connectivity index (χ3v) is 3.65. The smallest absolute Gasteiger partial charge is 0.336 e. The molecule has 0 radical (unpaired) electrons. The highest BCUT2D eigenvalue weighted by molar-refractivity contribution is 6.02. The van der Waals surface area contributed by atoms with Gasteiger partial charge in [-0.05, 0) is 48.5 Å². The van der Waals surface area contributed by atoms with Crippen LogP contribution in [0.1, 0.15) is 31.8 Å². The van der Waals surface area contributed by atoms with Gasteiger partial charge in [-0.2, -0.15) is 0 Å². The first-order valence-electron chi connectivity index (χ1n) is 7.98. The van der Waals surface area contributed by atoms with E-state index in [-0.39, 0.29) is 16.9 Å². The number of ether oxygens (including phenoxy) is 1. The van der Waals surface area contributed by atoms with Crippen LogP contribution in [0.25, 0.3) is 0 Å². The largest absolute Gasteiger partial charge is 0.478 e. The van der Waals surface area contributed by atoms with Crippen LogP contribution in [0.3, 0.4) is 0 Å². The summed E-state index contributed by atoms with van der Waals surface area (Å²) in [4.78, 5) is 22.4. The molecule has 0 atom stereocenters. The molecule has 5 nitrogen and oxygen atoms in total. The van der Waals surface area contributed by atoms with E-state index in [1.54, 1.807) is 18.2 Å². The third kappa shape index (κ3) is 4.53. The van der Waals surface area contributed by atoms with Crippen LogP contribution in [-0.2, 0) is 0 Å². The van der Waals surface area contributed by atoms with Gasteiger partial charge >= 0.3 is 11.9 Å². The number of carbonyl (C=O) groups is 2. The molecule has 0 aliphatic heterocycles. The SMILES string of the molecule is O=C(O)c1ccc(Oc2cccc(C#Cc3ccccc3)c2)cc1C(=O)O. The lowest BCUT2D eigenvalue weighted by Crippen LogP contribution is -2.07. The second kappa shape index (κ2) is 7.89. The fourth-order valence-corrected chi connectivity index (χ4v) is 2.39. The molecule has 2 N–H and O–H groups in total. The second-order valence-corrected chi connectivity index (χ2v) is 5.56. The number of hydrogen-bond donors (Lipinski definition) is 2. The van der Waals surface area contributed by atoms with E-state index >= 15 is 0 Å². The summed E-state index contributed by atoms with van der Waals surface area (Å²) in [6, 6.07) is 20.4. The van der Waals surface area contributed by atoms with Crippen molar-refractivity contribution in [2.75, 3.05) is 0 Å². The molecule has 0 saturated carbocycles. The molecule has 132 valence electrons. The van der Waals surface area contributed by atoms with Gasteiger partial charge in [0.1, 0.15) is 11.5 Å². The molecule has 0 amide bonds. The zero-order chi connectivity index (χ0) is 19.2. The molecule has 0 aromatic heterocycles. The topological polar surface area (TPSA) is 83.8 Å². The van der Waals surface area contributed by atoms with Crippen molar-refractivity contribution in [1.29, 1.82) is 0 Å². The maximum atomic E-state index is 11.3. The van der Waals surface area contributed by atoms with Crippen LogP contribution in [0.2, 0.25) is 0 Å². The lowest BCUT2D eigenvalue weighted by molar-refractivity contribution is 0.0651. The fourth-order valence-electron chi connectivity index (χ4n) is 2.39. The van der Waals surface area contributed by atoms with Gasteiger partial charge < -0.3 is 14.9 Å². The number of carboxylic acids is 2. The van der Waals surface area contributed by atoms with Gasteiger partial charge in [0.25, 0.3) is 0 Å². The Morgan fingerprint density at radius 3 is 2.00 bits per heavy atom. The molecule has 0 spiro atoms. The lowest BCUT2D eigenvalue weighted by Gasteiger charge is -2.08. The normalized spacial score (nSPS) is 9.78. The number of aromatic carboxylic acids is 2. The Bertz CT molecular complexity index is 1060.